The van der Waals surface area contributed by atoms with E-state index in [4.69, 9.17) is 11.0 Å². The van der Waals surface area contributed by atoms with Gasteiger partial charge in [-0.15, -0.1) is 0 Å². The second kappa shape index (κ2) is 4.22. The minimum atomic E-state index is -0.0229. The van der Waals surface area contributed by atoms with Crippen molar-refractivity contribution in [2.45, 2.75) is 0 Å². The summed E-state index contributed by atoms with van der Waals surface area (Å²) in [5.74, 6) is 0. The van der Waals surface area contributed by atoms with Gasteiger partial charge >= 0.3 is 109 Å². The molecule has 3 aromatic rings. The molecule has 0 saturated carbocycles. The Bertz CT molecular complexity index is 754. The van der Waals surface area contributed by atoms with E-state index < -0.39 is 0 Å². The summed E-state index contributed by atoms with van der Waals surface area (Å²) in [5.41, 5.74) is 8.65. The third-order valence-electron chi connectivity index (χ3n) is 2.45. The van der Waals surface area contributed by atoms with Crippen molar-refractivity contribution in [3.63, 3.8) is 0 Å². The molecule has 6 heteroatoms. The zero-order chi connectivity index (χ0) is 12.5. The van der Waals surface area contributed by atoms with Crippen LogP contribution in [0.3, 0.4) is 0 Å². The van der Waals surface area contributed by atoms with Crippen LogP contribution in [0, 0.1) is 11.3 Å². The summed E-state index contributed by atoms with van der Waals surface area (Å²) in [5, 5.41) is 8.75. The maximum absolute atomic E-state index is 8.75. The third-order valence-corrected chi connectivity index (χ3v) is 4.06. The van der Waals surface area contributed by atoms with Crippen LogP contribution in [0.1, 0.15) is 5.56 Å². The summed E-state index contributed by atoms with van der Waals surface area (Å²) in [6.07, 6.45) is 1.68. The topological polar surface area (TPSA) is 88.5 Å². The molecule has 0 spiro atoms. The molecule has 2 aromatic heterocycles. The molecule has 0 aliphatic rings. The molecule has 0 fully saturated rings. The first-order valence-electron chi connectivity index (χ1n) is 5.16. The van der Waals surface area contributed by atoms with Gasteiger partial charge in [-0.05, 0) is 0 Å². The second-order valence-corrected chi connectivity index (χ2v) is 5.74. The summed E-state index contributed by atoms with van der Waals surface area (Å²) >= 11 is -0.0229. The molecule has 0 amide bonds. The fourth-order valence-electron chi connectivity index (χ4n) is 1.59. The predicted octanol–water partition coefficient (Wildman–Crippen LogP) is 1.20. The van der Waals surface area contributed by atoms with Crippen LogP contribution in [0.15, 0.2) is 30.5 Å². The van der Waals surface area contributed by atoms with E-state index in [2.05, 4.69) is 21.0 Å². The zero-order valence-electron chi connectivity index (χ0n) is 9.16. The molecule has 2 heterocycles. The molecular formula is C12H7N5Se. The van der Waals surface area contributed by atoms with E-state index in [-0.39, 0.29) is 14.5 Å². The first kappa shape index (κ1) is 10.9. The number of hydrogen-bond donors (Lipinski definition) is 1. The fraction of sp³-hybridized carbons (Fsp3) is 0. The molecule has 0 unspecified atom stereocenters. The van der Waals surface area contributed by atoms with Crippen molar-refractivity contribution in [2.75, 3.05) is 5.73 Å². The SMILES string of the molecule is N#Cc1ccc(-c2cnc3nc(N)[se]c3n2)cc1. The maximum atomic E-state index is 8.75. The Morgan fingerprint density at radius 2 is 1.94 bits per heavy atom. The Morgan fingerprint density at radius 1 is 1.17 bits per heavy atom. The zero-order valence-corrected chi connectivity index (χ0v) is 10.9. The fourth-order valence-corrected chi connectivity index (χ4v) is 2.98. The molecule has 0 aliphatic heterocycles. The number of rotatable bonds is 1. The number of nitrogens with zero attached hydrogens (tertiary/aromatic N) is 4. The molecule has 5 nitrogen and oxygen atoms in total. The molecular weight excluding hydrogens is 293 g/mol. The Morgan fingerprint density at radius 3 is 2.67 bits per heavy atom. The summed E-state index contributed by atoms with van der Waals surface area (Å²) in [6.45, 7) is 0. The van der Waals surface area contributed by atoms with E-state index in [0.29, 0.717) is 15.9 Å². The third kappa shape index (κ3) is 1.86. The van der Waals surface area contributed by atoms with Crippen molar-refractivity contribution in [1.82, 2.24) is 15.0 Å². The van der Waals surface area contributed by atoms with Crippen molar-refractivity contribution in [2.24, 2.45) is 0 Å². The van der Waals surface area contributed by atoms with Crippen LogP contribution in [0.5, 0.6) is 0 Å². The van der Waals surface area contributed by atoms with Crippen molar-refractivity contribution >= 4 is 29.2 Å². The van der Waals surface area contributed by atoms with Gasteiger partial charge in [0.25, 0.3) is 0 Å². The molecule has 0 atom stereocenters. The van der Waals surface area contributed by atoms with Crippen LogP contribution in [0.25, 0.3) is 21.3 Å². The van der Waals surface area contributed by atoms with Gasteiger partial charge in [0.05, 0.1) is 0 Å². The number of anilines is 1. The van der Waals surface area contributed by atoms with E-state index in [1.54, 1.807) is 18.3 Å². The molecule has 86 valence electrons. The number of benzene rings is 1. The van der Waals surface area contributed by atoms with Gasteiger partial charge in [-0.25, -0.2) is 0 Å². The standard InChI is InChI=1S/C12H7N5Se/c13-5-7-1-3-8(4-2-7)9-6-15-10-11(16-9)18-12(14)17-10/h1-4,6H,(H2,14,15,17). The van der Waals surface area contributed by atoms with Gasteiger partial charge in [-0.1, -0.05) is 0 Å². The Hall–Kier alpha value is -2.22. The van der Waals surface area contributed by atoms with E-state index in [9.17, 15) is 0 Å². The van der Waals surface area contributed by atoms with Gasteiger partial charge in [0, 0.05) is 0 Å². The molecule has 3 rings (SSSR count). The summed E-state index contributed by atoms with van der Waals surface area (Å²) in [7, 11) is 0. The van der Waals surface area contributed by atoms with Crippen LogP contribution in [-0.4, -0.2) is 29.5 Å². The number of nitriles is 1. The van der Waals surface area contributed by atoms with Gasteiger partial charge in [-0.2, -0.15) is 0 Å². The quantitative estimate of drug-likeness (QED) is 0.682. The molecule has 0 saturated heterocycles. The second-order valence-electron chi connectivity index (χ2n) is 3.63. The van der Waals surface area contributed by atoms with E-state index >= 15 is 0 Å². The average Bonchev–Trinajstić information content (AvgIpc) is 2.78. The predicted molar refractivity (Wildman–Crippen MR) is 68.8 cm³/mol. The van der Waals surface area contributed by atoms with Crippen LogP contribution < -0.4 is 5.73 Å². The van der Waals surface area contributed by atoms with Crippen LogP contribution in [-0.2, 0) is 0 Å². The average molecular weight is 300 g/mol. The van der Waals surface area contributed by atoms with Crippen molar-refractivity contribution in [3.05, 3.63) is 36.0 Å². The first-order chi connectivity index (χ1) is 8.76. The van der Waals surface area contributed by atoms with Crippen LogP contribution >= 0.6 is 0 Å². The summed E-state index contributed by atoms with van der Waals surface area (Å²) in [6, 6.07) is 9.34. The molecule has 0 aliphatic carbocycles. The Kier molecular flexibility index (Phi) is 2.56. The van der Waals surface area contributed by atoms with Gasteiger partial charge in [0.2, 0.25) is 0 Å². The van der Waals surface area contributed by atoms with Gasteiger partial charge in [0.15, 0.2) is 0 Å². The molecule has 1 aromatic carbocycles. The molecule has 0 radical (unpaired) electrons. The van der Waals surface area contributed by atoms with Crippen molar-refractivity contribution in [3.8, 4) is 17.3 Å². The number of nitrogens with two attached hydrogens (primary N) is 1. The van der Waals surface area contributed by atoms with Crippen molar-refractivity contribution in [1.29, 1.82) is 5.26 Å². The van der Waals surface area contributed by atoms with Gasteiger partial charge in [0.1, 0.15) is 0 Å². The summed E-state index contributed by atoms with van der Waals surface area (Å²) < 4.78 is 1.47. The Labute approximate surface area is 109 Å². The normalized spacial score (nSPS) is 10.4. The number of aromatic nitrogens is 3. The van der Waals surface area contributed by atoms with Crippen LogP contribution in [0.4, 0.5) is 4.69 Å². The first-order valence-corrected chi connectivity index (χ1v) is 6.87. The number of hydrogen-bond acceptors (Lipinski definition) is 5. The van der Waals surface area contributed by atoms with Gasteiger partial charge in [-0.3, -0.25) is 0 Å². The molecule has 18 heavy (non-hydrogen) atoms. The Balaban J connectivity index is 2.10. The van der Waals surface area contributed by atoms with E-state index in [1.807, 2.05) is 12.1 Å². The number of fused-ring (bicyclic) bond motifs is 1. The number of nitrogen functional groups attached to an aromatic ring is 1. The minimum absolute atomic E-state index is 0.0229. The van der Waals surface area contributed by atoms with Crippen LogP contribution in [0.2, 0.25) is 0 Å². The summed E-state index contributed by atoms with van der Waals surface area (Å²) in [4.78, 5) is 12.9. The van der Waals surface area contributed by atoms with E-state index in [1.165, 1.54) is 0 Å². The molecule has 0 bridgehead atoms. The monoisotopic (exact) mass is 301 g/mol. The molecule has 2 N–H and O–H groups in total. The van der Waals surface area contributed by atoms with Gasteiger partial charge < -0.3 is 0 Å². The van der Waals surface area contributed by atoms with Crippen molar-refractivity contribution < 1.29 is 0 Å². The van der Waals surface area contributed by atoms with E-state index in [0.717, 1.165) is 15.6 Å².